The maximum Gasteiger partial charge on any atom is 0.308 e. The van der Waals surface area contributed by atoms with Gasteiger partial charge in [0.25, 0.3) is 0 Å². The third-order valence-electron chi connectivity index (χ3n) is 3.33. The molecule has 5 nitrogen and oxygen atoms in total. The summed E-state index contributed by atoms with van der Waals surface area (Å²) in [4.78, 5) is 22.7. The van der Waals surface area contributed by atoms with Crippen molar-refractivity contribution in [2.24, 2.45) is 5.10 Å². The van der Waals surface area contributed by atoms with Crippen LogP contribution >= 0.6 is 11.8 Å². The van der Waals surface area contributed by atoms with Gasteiger partial charge in [-0.3, -0.25) is 9.59 Å². The normalized spacial score (nSPS) is 10.7. The molecule has 0 aliphatic carbocycles. The molecule has 6 heteroatoms. The first-order valence-corrected chi connectivity index (χ1v) is 9.33. The van der Waals surface area contributed by atoms with Crippen molar-refractivity contribution in [3.05, 3.63) is 64.7 Å². The smallest absolute Gasteiger partial charge is 0.308 e. The highest BCUT2D eigenvalue weighted by Crippen LogP contribution is 2.15. The van der Waals surface area contributed by atoms with Crippen LogP contribution in [0.4, 0.5) is 0 Å². The molecule has 0 atom stereocenters. The van der Waals surface area contributed by atoms with Crippen LogP contribution in [0, 0.1) is 13.8 Å². The van der Waals surface area contributed by atoms with Crippen molar-refractivity contribution in [1.82, 2.24) is 5.43 Å². The summed E-state index contributed by atoms with van der Waals surface area (Å²) in [5, 5.41) is 3.94. The number of thioether (sulfide) groups is 1. The predicted octanol–water partition coefficient (Wildman–Crippen LogP) is 3.61. The van der Waals surface area contributed by atoms with Gasteiger partial charge < -0.3 is 4.74 Å². The average Bonchev–Trinajstić information content (AvgIpc) is 2.55. The highest BCUT2D eigenvalue weighted by Gasteiger charge is 2.02. The SMILES string of the molecule is CC(=O)Oc1ccc(/C=N\NC(=O)CSCc2cc(C)cc(C)c2)cc1. The molecule has 136 valence electrons. The van der Waals surface area contributed by atoms with Crippen LogP contribution in [0.25, 0.3) is 0 Å². The van der Waals surface area contributed by atoms with Gasteiger partial charge in [0, 0.05) is 12.7 Å². The molecular formula is C20H22N2O3S. The quantitative estimate of drug-likeness (QED) is 0.350. The summed E-state index contributed by atoms with van der Waals surface area (Å²) in [6.45, 7) is 5.49. The molecule has 0 fully saturated rings. The van der Waals surface area contributed by atoms with E-state index in [-0.39, 0.29) is 11.9 Å². The number of benzene rings is 2. The molecule has 0 bridgehead atoms. The number of hydrogen-bond acceptors (Lipinski definition) is 5. The van der Waals surface area contributed by atoms with Gasteiger partial charge in [0.15, 0.2) is 0 Å². The molecule has 0 heterocycles. The number of hydrogen-bond donors (Lipinski definition) is 1. The molecule has 1 amide bonds. The zero-order chi connectivity index (χ0) is 18.9. The van der Waals surface area contributed by atoms with Gasteiger partial charge in [-0.1, -0.05) is 29.3 Å². The van der Waals surface area contributed by atoms with Gasteiger partial charge in [0.05, 0.1) is 12.0 Å². The highest BCUT2D eigenvalue weighted by atomic mass is 32.2. The van der Waals surface area contributed by atoms with Crippen LogP contribution in [0.3, 0.4) is 0 Å². The van der Waals surface area contributed by atoms with Crippen molar-refractivity contribution in [1.29, 1.82) is 0 Å². The number of nitrogens with zero attached hydrogens (tertiary/aromatic N) is 1. The number of rotatable bonds is 7. The molecule has 0 spiro atoms. The van der Waals surface area contributed by atoms with E-state index in [0.29, 0.717) is 11.5 Å². The number of amides is 1. The first kappa shape index (κ1) is 19.7. The molecule has 26 heavy (non-hydrogen) atoms. The maximum absolute atomic E-state index is 11.8. The summed E-state index contributed by atoms with van der Waals surface area (Å²) >= 11 is 1.55. The Kier molecular flexibility index (Phi) is 7.41. The van der Waals surface area contributed by atoms with Gasteiger partial charge in [-0.15, -0.1) is 11.8 Å². The lowest BCUT2D eigenvalue weighted by Crippen LogP contribution is -2.19. The van der Waals surface area contributed by atoms with E-state index in [4.69, 9.17) is 4.74 Å². The number of aryl methyl sites for hydroxylation is 2. The third kappa shape index (κ3) is 7.11. The fourth-order valence-electron chi connectivity index (χ4n) is 2.41. The molecule has 0 aromatic heterocycles. The fraction of sp³-hybridized carbons (Fsp3) is 0.250. The Morgan fingerprint density at radius 2 is 1.77 bits per heavy atom. The van der Waals surface area contributed by atoms with E-state index in [1.165, 1.54) is 23.6 Å². The second-order valence-corrected chi connectivity index (χ2v) is 6.93. The largest absolute Gasteiger partial charge is 0.427 e. The summed E-state index contributed by atoms with van der Waals surface area (Å²) in [5.74, 6) is 1.10. The number of ether oxygens (including phenoxy) is 1. The van der Waals surface area contributed by atoms with Crippen molar-refractivity contribution in [3.8, 4) is 5.75 Å². The second-order valence-electron chi connectivity index (χ2n) is 5.94. The van der Waals surface area contributed by atoms with Crippen molar-refractivity contribution in [2.75, 3.05) is 5.75 Å². The number of esters is 1. The molecule has 0 unspecified atom stereocenters. The standard InChI is InChI=1S/C20H22N2O3S/c1-14-8-15(2)10-18(9-14)12-26-13-20(24)22-21-11-17-4-6-19(7-5-17)25-16(3)23/h4-11H,12-13H2,1-3H3,(H,22,24)/b21-11-. The monoisotopic (exact) mass is 370 g/mol. The van der Waals surface area contributed by atoms with E-state index in [9.17, 15) is 9.59 Å². The Morgan fingerprint density at radius 3 is 2.38 bits per heavy atom. The fourth-order valence-corrected chi connectivity index (χ4v) is 3.17. The van der Waals surface area contributed by atoms with Crippen LogP contribution in [0.2, 0.25) is 0 Å². The van der Waals surface area contributed by atoms with E-state index in [2.05, 4.69) is 42.6 Å². The minimum atomic E-state index is -0.364. The van der Waals surface area contributed by atoms with Crippen LogP contribution in [-0.2, 0) is 15.3 Å². The minimum absolute atomic E-state index is 0.146. The first-order valence-electron chi connectivity index (χ1n) is 8.17. The van der Waals surface area contributed by atoms with E-state index < -0.39 is 0 Å². The van der Waals surface area contributed by atoms with Crippen molar-refractivity contribution < 1.29 is 14.3 Å². The number of nitrogens with one attached hydrogen (secondary N) is 1. The van der Waals surface area contributed by atoms with Gasteiger partial charge in [-0.25, -0.2) is 5.43 Å². The summed E-state index contributed by atoms with van der Waals surface area (Å²) in [7, 11) is 0. The lowest BCUT2D eigenvalue weighted by molar-refractivity contribution is -0.131. The number of carbonyl (C=O) groups excluding carboxylic acids is 2. The van der Waals surface area contributed by atoms with Crippen molar-refractivity contribution in [2.45, 2.75) is 26.5 Å². The molecule has 0 radical (unpaired) electrons. The van der Waals surface area contributed by atoms with Crippen LogP contribution in [0.5, 0.6) is 5.75 Å². The summed E-state index contributed by atoms with van der Waals surface area (Å²) < 4.78 is 4.95. The van der Waals surface area contributed by atoms with E-state index >= 15 is 0 Å². The summed E-state index contributed by atoms with van der Waals surface area (Å²) in [6, 6.07) is 13.2. The van der Waals surface area contributed by atoms with E-state index in [0.717, 1.165) is 11.3 Å². The number of carbonyl (C=O) groups is 2. The van der Waals surface area contributed by atoms with Crippen LogP contribution < -0.4 is 10.2 Å². The van der Waals surface area contributed by atoms with Crippen molar-refractivity contribution >= 4 is 29.9 Å². The summed E-state index contributed by atoms with van der Waals surface area (Å²) in [6.07, 6.45) is 1.55. The molecule has 2 aromatic carbocycles. The Labute approximate surface area is 157 Å². The molecule has 0 saturated carbocycles. The topological polar surface area (TPSA) is 67.8 Å². The minimum Gasteiger partial charge on any atom is -0.427 e. The average molecular weight is 370 g/mol. The zero-order valence-corrected chi connectivity index (χ0v) is 15.9. The van der Waals surface area contributed by atoms with Crippen LogP contribution in [-0.4, -0.2) is 23.8 Å². The molecule has 0 aliphatic heterocycles. The lowest BCUT2D eigenvalue weighted by atomic mass is 10.1. The summed E-state index contributed by atoms with van der Waals surface area (Å²) in [5.41, 5.74) is 6.99. The Balaban J connectivity index is 1.74. The van der Waals surface area contributed by atoms with Gasteiger partial charge >= 0.3 is 5.97 Å². The first-order chi connectivity index (χ1) is 12.4. The third-order valence-corrected chi connectivity index (χ3v) is 4.33. The Bertz CT molecular complexity index is 781. The molecule has 0 aliphatic rings. The maximum atomic E-state index is 11.8. The second kappa shape index (κ2) is 9.77. The Hall–Kier alpha value is -2.60. The van der Waals surface area contributed by atoms with Crippen LogP contribution in [0.15, 0.2) is 47.6 Å². The van der Waals surface area contributed by atoms with Gasteiger partial charge in [0.2, 0.25) is 5.91 Å². The molecule has 1 N–H and O–H groups in total. The number of hydrazone groups is 1. The molecule has 2 rings (SSSR count). The van der Waals surface area contributed by atoms with E-state index in [1.807, 2.05) is 0 Å². The van der Waals surface area contributed by atoms with Gasteiger partial charge in [0.1, 0.15) is 5.75 Å². The zero-order valence-electron chi connectivity index (χ0n) is 15.1. The van der Waals surface area contributed by atoms with Gasteiger partial charge in [-0.2, -0.15) is 5.10 Å². The van der Waals surface area contributed by atoms with Crippen LogP contribution in [0.1, 0.15) is 29.2 Å². The van der Waals surface area contributed by atoms with Gasteiger partial charge in [-0.05, 0) is 49.2 Å². The molecule has 0 saturated heterocycles. The lowest BCUT2D eigenvalue weighted by Gasteiger charge is -2.05. The van der Waals surface area contributed by atoms with Crippen molar-refractivity contribution in [3.63, 3.8) is 0 Å². The Morgan fingerprint density at radius 1 is 1.12 bits per heavy atom. The van der Waals surface area contributed by atoms with E-state index in [1.54, 1.807) is 42.2 Å². The highest BCUT2D eigenvalue weighted by molar-refractivity contribution is 7.99. The molecular weight excluding hydrogens is 348 g/mol. The predicted molar refractivity (Wildman–Crippen MR) is 106 cm³/mol. The molecule has 2 aromatic rings.